The zero-order chi connectivity index (χ0) is 38.7. The van der Waals surface area contributed by atoms with E-state index in [0.29, 0.717) is 12.1 Å². The minimum Gasteiger partial charge on any atom is -0.443 e. The molecule has 5 atom stereocenters. The van der Waals surface area contributed by atoms with Gasteiger partial charge in [0, 0.05) is 44.5 Å². The van der Waals surface area contributed by atoms with Crippen molar-refractivity contribution in [3.8, 4) is 6.07 Å². The van der Waals surface area contributed by atoms with Gasteiger partial charge in [-0.1, -0.05) is 12.1 Å². The Hall–Kier alpha value is -4.59. The van der Waals surface area contributed by atoms with E-state index in [9.17, 15) is 29.5 Å². The van der Waals surface area contributed by atoms with E-state index in [2.05, 4.69) is 10.2 Å². The third-order valence-corrected chi connectivity index (χ3v) is 8.81. The van der Waals surface area contributed by atoms with E-state index in [1.54, 1.807) is 54.7 Å². The molecule has 4 amide bonds. The lowest BCUT2D eigenvalue weighted by Gasteiger charge is -2.34. The number of nitrogens with one attached hydrogen (secondary N) is 1. The number of hydrogen-bond donors (Lipinski definition) is 2. The van der Waals surface area contributed by atoms with E-state index >= 15 is 0 Å². The van der Waals surface area contributed by atoms with Crippen molar-refractivity contribution in [3.05, 3.63) is 59.2 Å². The predicted octanol–water partition coefficient (Wildman–Crippen LogP) is 3.95. The van der Waals surface area contributed by atoms with Crippen LogP contribution in [0.25, 0.3) is 0 Å². The van der Waals surface area contributed by atoms with Gasteiger partial charge >= 0.3 is 12.2 Å². The molecular weight excluding hydrogens is 686 g/mol. The number of aliphatic hydroxyl groups excluding tert-OH is 1. The molecule has 53 heavy (non-hydrogen) atoms. The highest BCUT2D eigenvalue weighted by atomic mass is 16.6. The van der Waals surface area contributed by atoms with E-state index in [1.807, 2.05) is 24.3 Å². The van der Waals surface area contributed by atoms with E-state index in [4.69, 9.17) is 23.7 Å². The first kappa shape index (κ1) is 39.6. The molecule has 2 aromatic rings. The monoisotopic (exact) mass is 735 g/mol. The number of nitriles is 1. The molecule has 3 fully saturated rings. The number of nitrogens with zero attached hydrogens (tertiary/aromatic N) is 4. The average molecular weight is 736 g/mol. The molecule has 3 saturated heterocycles. The largest absolute Gasteiger partial charge is 0.443 e. The van der Waals surface area contributed by atoms with Crippen molar-refractivity contribution in [3.63, 3.8) is 0 Å². The number of amides is 4. The van der Waals surface area contributed by atoms with Crippen LogP contribution in [-0.4, -0.2) is 114 Å². The van der Waals surface area contributed by atoms with Crippen molar-refractivity contribution in [2.45, 2.75) is 103 Å². The molecule has 2 N–H and O–H groups in total. The lowest BCUT2D eigenvalue weighted by molar-refractivity contribution is -0.150. The molecule has 2 aromatic carbocycles. The van der Waals surface area contributed by atoms with Gasteiger partial charge in [-0.3, -0.25) is 14.5 Å². The fraction of sp³-hybridized carbons (Fsp3) is 0.553. The number of morpholine rings is 1. The summed E-state index contributed by atoms with van der Waals surface area (Å²) in [4.78, 5) is 57.6. The maximum absolute atomic E-state index is 13.6. The van der Waals surface area contributed by atoms with Crippen LogP contribution in [0, 0.1) is 11.3 Å². The second-order valence-corrected chi connectivity index (χ2v) is 15.3. The van der Waals surface area contributed by atoms with Gasteiger partial charge in [-0.05, 0) is 89.4 Å². The Morgan fingerprint density at radius 2 is 1.75 bits per heavy atom. The van der Waals surface area contributed by atoms with Crippen molar-refractivity contribution in [1.29, 1.82) is 5.26 Å². The maximum Gasteiger partial charge on any atom is 0.420 e. The summed E-state index contributed by atoms with van der Waals surface area (Å²) in [6.45, 7) is 11.5. The van der Waals surface area contributed by atoms with Crippen LogP contribution in [0.5, 0.6) is 0 Å². The minimum absolute atomic E-state index is 0.0416. The highest BCUT2D eigenvalue weighted by molar-refractivity contribution is 6.04. The summed E-state index contributed by atoms with van der Waals surface area (Å²) in [6, 6.07) is 13.8. The molecule has 5 rings (SSSR count). The quantitative estimate of drug-likeness (QED) is 0.336. The highest BCUT2D eigenvalue weighted by Gasteiger charge is 2.46. The first-order valence-corrected chi connectivity index (χ1v) is 17.7. The van der Waals surface area contributed by atoms with Gasteiger partial charge in [0.25, 0.3) is 11.8 Å². The van der Waals surface area contributed by atoms with Crippen LogP contribution in [0.15, 0.2) is 42.5 Å². The molecule has 3 aliphatic rings. The molecule has 3 heterocycles. The number of carbonyl (C=O) groups is 4. The van der Waals surface area contributed by atoms with Crippen LogP contribution in [0.1, 0.15) is 64.7 Å². The van der Waals surface area contributed by atoms with Crippen molar-refractivity contribution >= 4 is 35.4 Å². The lowest BCUT2D eigenvalue weighted by Crippen LogP contribution is -2.55. The topological polar surface area (TPSA) is 183 Å². The van der Waals surface area contributed by atoms with Gasteiger partial charge in [0.2, 0.25) is 0 Å². The molecule has 0 saturated carbocycles. The van der Waals surface area contributed by atoms with Crippen LogP contribution in [0.3, 0.4) is 0 Å². The van der Waals surface area contributed by atoms with Crippen molar-refractivity contribution in [2.75, 3.05) is 43.6 Å². The van der Waals surface area contributed by atoms with Gasteiger partial charge in [-0.2, -0.15) is 5.26 Å². The van der Waals surface area contributed by atoms with E-state index in [-0.39, 0.29) is 48.4 Å². The van der Waals surface area contributed by atoms with Gasteiger partial charge in [0.15, 0.2) is 12.2 Å². The van der Waals surface area contributed by atoms with Crippen molar-refractivity contribution in [1.82, 2.24) is 9.80 Å². The highest BCUT2D eigenvalue weighted by Crippen LogP contribution is 2.33. The summed E-state index contributed by atoms with van der Waals surface area (Å²) in [7, 11) is 1.72. The average Bonchev–Trinajstić information content (AvgIpc) is 3.67. The first-order chi connectivity index (χ1) is 25.0. The summed E-state index contributed by atoms with van der Waals surface area (Å²) >= 11 is 0. The maximum atomic E-state index is 13.6. The fourth-order valence-electron chi connectivity index (χ4n) is 6.23. The van der Waals surface area contributed by atoms with Gasteiger partial charge < -0.3 is 39.0 Å². The predicted molar refractivity (Wildman–Crippen MR) is 192 cm³/mol. The summed E-state index contributed by atoms with van der Waals surface area (Å²) in [5, 5.41) is 23.4. The molecule has 15 nitrogen and oxygen atoms in total. The number of aliphatic hydroxyl groups is 1. The second kappa shape index (κ2) is 16.2. The molecule has 3 aliphatic heterocycles. The Morgan fingerprint density at radius 3 is 2.38 bits per heavy atom. The molecule has 0 aliphatic carbocycles. The third-order valence-electron chi connectivity index (χ3n) is 8.81. The lowest BCUT2D eigenvalue weighted by atomic mass is 10.1. The first-order valence-electron chi connectivity index (χ1n) is 17.7. The molecule has 0 radical (unpaired) electrons. The van der Waals surface area contributed by atoms with Gasteiger partial charge in [-0.25, -0.2) is 14.5 Å². The van der Waals surface area contributed by atoms with Crippen LogP contribution < -0.4 is 10.2 Å². The van der Waals surface area contributed by atoms with Gasteiger partial charge in [0.05, 0.1) is 30.9 Å². The Balaban J connectivity index is 1.24. The summed E-state index contributed by atoms with van der Waals surface area (Å²) in [5.41, 5.74) is 0.170. The minimum atomic E-state index is -1.88. The van der Waals surface area contributed by atoms with Crippen molar-refractivity contribution < 1.29 is 48.0 Å². The van der Waals surface area contributed by atoms with Crippen molar-refractivity contribution in [2.24, 2.45) is 0 Å². The summed E-state index contributed by atoms with van der Waals surface area (Å²) in [5.74, 6) is -1.51. The fourth-order valence-corrected chi connectivity index (χ4v) is 6.23. The molecule has 0 aromatic heterocycles. The van der Waals surface area contributed by atoms with Crippen LogP contribution in [-0.2, 0) is 46.2 Å². The normalized spacial score (nSPS) is 22.5. The number of epoxide rings is 1. The standard InChI is InChI=1S/C38H49N5O10/c1-37(2,3)52-35(47)43(36(48)53-38(4,5)6)21-25-19-26(12-11-24(25)20-39)40-32(45)30(44)31-33(46)42(15-16-50-31)27-10-8-9-23(17-27)18-29-34(51-29)41-14-13-28(22-41)49-7/h8-12,17,19,28-31,34,44H,13-16,18,21-22H2,1-7H3,(H,40,45). The van der Waals surface area contributed by atoms with Crippen LogP contribution in [0.2, 0.25) is 0 Å². The van der Waals surface area contributed by atoms with E-state index < -0.39 is 54.0 Å². The Bertz CT molecular complexity index is 1700. The number of hydrogen-bond acceptors (Lipinski definition) is 12. The molecule has 286 valence electrons. The van der Waals surface area contributed by atoms with Crippen LogP contribution >= 0.6 is 0 Å². The smallest absolute Gasteiger partial charge is 0.420 e. The molecular formula is C38H49N5O10. The zero-order valence-corrected chi connectivity index (χ0v) is 31.3. The third kappa shape index (κ3) is 10.3. The Morgan fingerprint density at radius 1 is 1.06 bits per heavy atom. The summed E-state index contributed by atoms with van der Waals surface area (Å²) in [6.07, 6.45) is -3.41. The Labute approximate surface area is 309 Å². The van der Waals surface area contributed by atoms with Gasteiger partial charge in [0.1, 0.15) is 23.5 Å². The van der Waals surface area contributed by atoms with Crippen LogP contribution in [0.4, 0.5) is 21.0 Å². The van der Waals surface area contributed by atoms with E-state index in [0.717, 1.165) is 30.0 Å². The number of imide groups is 1. The molecule has 0 bridgehead atoms. The number of anilines is 2. The molecule has 0 spiro atoms. The van der Waals surface area contributed by atoms with E-state index in [1.165, 1.54) is 23.1 Å². The molecule has 5 unspecified atom stereocenters. The number of methoxy groups -OCH3 is 1. The number of ether oxygens (including phenoxy) is 5. The molecule has 15 heteroatoms. The number of likely N-dealkylation sites (tertiary alicyclic amines) is 1. The van der Waals surface area contributed by atoms with Gasteiger partial charge in [-0.15, -0.1) is 0 Å². The number of carbonyl (C=O) groups excluding carboxylic acids is 4. The zero-order valence-electron chi connectivity index (χ0n) is 31.3. The number of benzene rings is 2. The SMILES string of the molecule is COC1CCN(C2OC2Cc2cccc(N3CCOC(C(O)C(=O)Nc4ccc(C#N)c(CN(C(=O)OC(C)(C)C)C(=O)OC(C)(C)C)c4)C3=O)c2)C1. The number of rotatable bonds is 10. The summed E-state index contributed by atoms with van der Waals surface area (Å²) < 4.78 is 27.9. The second-order valence-electron chi connectivity index (χ2n) is 15.3. The Kier molecular flexibility index (Phi) is 12.1.